The summed E-state index contributed by atoms with van der Waals surface area (Å²) >= 11 is 0. The summed E-state index contributed by atoms with van der Waals surface area (Å²) in [4.78, 5) is 14.3. The molecule has 19 heavy (non-hydrogen) atoms. The summed E-state index contributed by atoms with van der Waals surface area (Å²) in [6, 6.07) is 0.572. The third-order valence-corrected chi connectivity index (χ3v) is 3.47. The number of hydrogen-bond donors (Lipinski definition) is 2. The predicted molar refractivity (Wildman–Crippen MR) is 77.2 cm³/mol. The van der Waals surface area contributed by atoms with Crippen LogP contribution < -0.4 is 10.6 Å². The molecule has 0 aromatic heterocycles. The number of carbonyl (C=O) groups is 1. The molecule has 0 aromatic carbocycles. The molecule has 0 aromatic rings. The summed E-state index contributed by atoms with van der Waals surface area (Å²) in [7, 11) is 1.65. The van der Waals surface area contributed by atoms with Crippen LogP contribution in [0.25, 0.3) is 0 Å². The molecule has 2 N–H and O–H groups in total. The van der Waals surface area contributed by atoms with E-state index in [9.17, 15) is 4.79 Å². The largest absolute Gasteiger partial charge is 0.383 e. The smallest absolute Gasteiger partial charge is 0.234 e. The van der Waals surface area contributed by atoms with Gasteiger partial charge in [-0.05, 0) is 39.3 Å². The van der Waals surface area contributed by atoms with Gasteiger partial charge in [0.05, 0.1) is 13.2 Å². The van der Waals surface area contributed by atoms with Crippen molar-refractivity contribution >= 4 is 5.91 Å². The van der Waals surface area contributed by atoms with Crippen molar-refractivity contribution in [3.05, 3.63) is 0 Å². The van der Waals surface area contributed by atoms with Gasteiger partial charge in [-0.25, -0.2) is 0 Å². The molecule has 0 aliphatic carbocycles. The molecular formula is C14H29N3O2. The van der Waals surface area contributed by atoms with Crippen molar-refractivity contribution in [2.24, 2.45) is 0 Å². The fraction of sp³-hybridized carbons (Fsp3) is 0.929. The molecule has 0 radical (unpaired) electrons. The lowest BCUT2D eigenvalue weighted by Gasteiger charge is -2.34. The highest BCUT2D eigenvalue weighted by Gasteiger charge is 2.22. The first kappa shape index (κ1) is 16.4. The maximum absolute atomic E-state index is 12.0. The lowest BCUT2D eigenvalue weighted by molar-refractivity contribution is -0.123. The first-order valence-corrected chi connectivity index (χ1v) is 7.40. The fourth-order valence-electron chi connectivity index (χ4n) is 2.62. The van der Waals surface area contributed by atoms with Crippen LogP contribution in [0.5, 0.6) is 0 Å². The highest BCUT2D eigenvalue weighted by Crippen LogP contribution is 2.10. The van der Waals surface area contributed by atoms with Crippen molar-refractivity contribution < 1.29 is 9.53 Å². The Balaban J connectivity index is 2.40. The second kappa shape index (κ2) is 9.28. The summed E-state index contributed by atoms with van der Waals surface area (Å²) < 4.78 is 5.03. The highest BCUT2D eigenvalue weighted by molar-refractivity contribution is 5.78. The van der Waals surface area contributed by atoms with Crippen LogP contribution in [0.3, 0.4) is 0 Å². The van der Waals surface area contributed by atoms with E-state index in [2.05, 4.69) is 22.5 Å². The van der Waals surface area contributed by atoms with Gasteiger partial charge in [0.1, 0.15) is 0 Å². The summed E-state index contributed by atoms with van der Waals surface area (Å²) in [5, 5.41) is 6.40. The van der Waals surface area contributed by atoms with Crippen molar-refractivity contribution in [3.63, 3.8) is 0 Å². The van der Waals surface area contributed by atoms with E-state index in [0.29, 0.717) is 19.2 Å². The fourth-order valence-corrected chi connectivity index (χ4v) is 2.62. The maximum atomic E-state index is 12.0. The van der Waals surface area contributed by atoms with Gasteiger partial charge in [-0.3, -0.25) is 9.69 Å². The summed E-state index contributed by atoms with van der Waals surface area (Å²) in [5.41, 5.74) is 0. The van der Waals surface area contributed by atoms with E-state index >= 15 is 0 Å². The molecular weight excluding hydrogens is 242 g/mol. The standard InChI is InChI=1S/C14H29N3O2/c1-4-8-17(13-6-5-7-15-9-13)10-14(18)16-12(2)11-19-3/h12-13,15H,4-11H2,1-3H3,(H,16,18). The molecule has 0 bridgehead atoms. The number of methoxy groups -OCH3 is 1. The number of carbonyl (C=O) groups excluding carboxylic acids is 1. The van der Waals surface area contributed by atoms with Crippen LogP contribution in [0.15, 0.2) is 0 Å². The molecule has 112 valence electrons. The van der Waals surface area contributed by atoms with Gasteiger partial charge < -0.3 is 15.4 Å². The Labute approximate surface area is 117 Å². The van der Waals surface area contributed by atoms with Crippen LogP contribution in [0.2, 0.25) is 0 Å². The van der Waals surface area contributed by atoms with Gasteiger partial charge in [-0.15, -0.1) is 0 Å². The molecule has 5 nitrogen and oxygen atoms in total. The number of piperidine rings is 1. The Morgan fingerprint density at radius 2 is 2.37 bits per heavy atom. The van der Waals surface area contributed by atoms with Gasteiger partial charge in [0.25, 0.3) is 0 Å². The van der Waals surface area contributed by atoms with Crippen molar-refractivity contribution in [1.82, 2.24) is 15.5 Å². The third-order valence-electron chi connectivity index (χ3n) is 3.47. The summed E-state index contributed by atoms with van der Waals surface area (Å²) in [6.07, 6.45) is 3.47. The van der Waals surface area contributed by atoms with Crippen molar-refractivity contribution in [3.8, 4) is 0 Å². The molecule has 5 heteroatoms. The van der Waals surface area contributed by atoms with E-state index in [0.717, 1.165) is 26.1 Å². The molecule has 1 fully saturated rings. The minimum atomic E-state index is 0.0745. The van der Waals surface area contributed by atoms with Gasteiger partial charge in [0.15, 0.2) is 0 Å². The predicted octanol–water partition coefficient (Wildman–Crippen LogP) is 0.602. The van der Waals surface area contributed by atoms with Crippen LogP contribution in [0.1, 0.15) is 33.1 Å². The zero-order valence-corrected chi connectivity index (χ0v) is 12.6. The van der Waals surface area contributed by atoms with Gasteiger partial charge in [-0.2, -0.15) is 0 Å². The number of nitrogens with zero attached hydrogens (tertiary/aromatic N) is 1. The molecule has 0 saturated carbocycles. The van der Waals surface area contributed by atoms with Crippen LogP contribution in [0, 0.1) is 0 Å². The summed E-state index contributed by atoms with van der Waals surface area (Å²) in [6.45, 7) is 8.27. The summed E-state index contributed by atoms with van der Waals surface area (Å²) in [5.74, 6) is 0.101. The number of nitrogens with one attached hydrogen (secondary N) is 2. The van der Waals surface area contributed by atoms with E-state index in [4.69, 9.17) is 4.74 Å². The Morgan fingerprint density at radius 3 is 2.95 bits per heavy atom. The number of ether oxygens (including phenoxy) is 1. The van der Waals surface area contributed by atoms with Crippen LogP contribution in [0.4, 0.5) is 0 Å². The van der Waals surface area contributed by atoms with Crippen LogP contribution in [-0.2, 0) is 9.53 Å². The molecule has 2 atom stereocenters. The minimum Gasteiger partial charge on any atom is -0.383 e. The first-order valence-electron chi connectivity index (χ1n) is 7.40. The van der Waals surface area contributed by atoms with Crippen LogP contribution in [-0.4, -0.2) is 62.8 Å². The van der Waals surface area contributed by atoms with E-state index < -0.39 is 0 Å². The SMILES string of the molecule is CCCN(CC(=O)NC(C)COC)C1CCCNC1. The number of amides is 1. The van der Waals surface area contributed by atoms with E-state index in [-0.39, 0.29) is 11.9 Å². The first-order chi connectivity index (χ1) is 9.17. The van der Waals surface area contributed by atoms with Crippen molar-refractivity contribution in [1.29, 1.82) is 0 Å². The quantitative estimate of drug-likeness (QED) is 0.679. The normalized spacial score (nSPS) is 21.4. The van der Waals surface area contributed by atoms with Crippen LogP contribution >= 0.6 is 0 Å². The van der Waals surface area contributed by atoms with Gasteiger partial charge in [-0.1, -0.05) is 6.92 Å². The average Bonchev–Trinajstić information content (AvgIpc) is 2.39. The van der Waals surface area contributed by atoms with E-state index in [1.54, 1.807) is 7.11 Å². The minimum absolute atomic E-state index is 0.0745. The van der Waals surface area contributed by atoms with Gasteiger partial charge >= 0.3 is 0 Å². The highest BCUT2D eigenvalue weighted by atomic mass is 16.5. The van der Waals surface area contributed by atoms with Crippen molar-refractivity contribution in [2.45, 2.75) is 45.2 Å². The average molecular weight is 271 g/mol. The molecule has 1 rings (SSSR count). The van der Waals surface area contributed by atoms with Crippen molar-refractivity contribution in [2.75, 3.05) is 39.9 Å². The third kappa shape index (κ3) is 6.36. The van der Waals surface area contributed by atoms with Gasteiger partial charge in [0.2, 0.25) is 5.91 Å². The second-order valence-electron chi connectivity index (χ2n) is 5.39. The van der Waals surface area contributed by atoms with E-state index in [1.165, 1.54) is 12.8 Å². The Morgan fingerprint density at radius 1 is 1.58 bits per heavy atom. The molecule has 1 saturated heterocycles. The molecule has 1 heterocycles. The maximum Gasteiger partial charge on any atom is 0.234 e. The molecule has 0 spiro atoms. The lowest BCUT2D eigenvalue weighted by Crippen LogP contribution is -2.51. The molecule has 1 aliphatic heterocycles. The lowest BCUT2D eigenvalue weighted by atomic mass is 10.1. The Kier molecular flexibility index (Phi) is 8.02. The topological polar surface area (TPSA) is 53.6 Å². The zero-order chi connectivity index (χ0) is 14.1. The van der Waals surface area contributed by atoms with E-state index in [1.807, 2.05) is 6.92 Å². The van der Waals surface area contributed by atoms with Gasteiger partial charge in [0, 0.05) is 25.7 Å². The number of hydrogen-bond acceptors (Lipinski definition) is 4. The Bertz CT molecular complexity index is 255. The Hall–Kier alpha value is -0.650. The second-order valence-corrected chi connectivity index (χ2v) is 5.39. The monoisotopic (exact) mass is 271 g/mol. The molecule has 1 amide bonds. The molecule has 2 unspecified atom stereocenters. The number of rotatable bonds is 8. The molecule has 1 aliphatic rings. The zero-order valence-electron chi connectivity index (χ0n) is 12.6.